The lowest BCUT2D eigenvalue weighted by atomic mass is 10.00. The average Bonchev–Trinajstić information content (AvgIpc) is 3.18. The maximum atomic E-state index is 13.9. The predicted molar refractivity (Wildman–Crippen MR) is 107 cm³/mol. The summed E-state index contributed by atoms with van der Waals surface area (Å²) in [4.78, 5) is 14.5. The maximum absolute atomic E-state index is 13.9. The van der Waals surface area contributed by atoms with Crippen LogP contribution in [0.15, 0.2) is 30.5 Å². The van der Waals surface area contributed by atoms with Gasteiger partial charge in [0.25, 0.3) is 5.91 Å². The lowest BCUT2D eigenvalue weighted by Gasteiger charge is -2.36. The Morgan fingerprint density at radius 3 is 2.64 bits per heavy atom. The Balaban J connectivity index is 1.51. The maximum Gasteiger partial charge on any atom is 0.273 e. The number of likely N-dealkylation sites (tertiary alicyclic amines) is 1. The number of aromatic nitrogens is 3. The van der Waals surface area contributed by atoms with Crippen LogP contribution < -0.4 is 5.32 Å². The van der Waals surface area contributed by atoms with Crippen LogP contribution in [0, 0.1) is 11.7 Å². The van der Waals surface area contributed by atoms with E-state index in [0.29, 0.717) is 24.6 Å². The van der Waals surface area contributed by atoms with E-state index >= 15 is 0 Å². The van der Waals surface area contributed by atoms with Crippen molar-refractivity contribution in [2.45, 2.75) is 52.1 Å². The third kappa shape index (κ3) is 5.16. The Morgan fingerprint density at radius 1 is 1.25 bits per heavy atom. The first-order valence-electron chi connectivity index (χ1n) is 10.1. The van der Waals surface area contributed by atoms with Gasteiger partial charge in [0, 0.05) is 25.7 Å². The summed E-state index contributed by atoms with van der Waals surface area (Å²) in [5, 5.41) is 11.1. The summed E-state index contributed by atoms with van der Waals surface area (Å²) in [6.07, 6.45) is 4.34. The zero-order valence-corrected chi connectivity index (χ0v) is 16.9. The van der Waals surface area contributed by atoms with Gasteiger partial charge in [-0.05, 0) is 43.7 Å². The number of nitrogens with one attached hydrogen (secondary N) is 1. The minimum Gasteiger partial charge on any atom is -0.350 e. The summed E-state index contributed by atoms with van der Waals surface area (Å²) < 4.78 is 15.7. The highest BCUT2D eigenvalue weighted by molar-refractivity contribution is 5.91. The van der Waals surface area contributed by atoms with Crippen molar-refractivity contribution >= 4 is 5.91 Å². The van der Waals surface area contributed by atoms with E-state index < -0.39 is 0 Å². The molecule has 1 aliphatic rings. The summed E-state index contributed by atoms with van der Waals surface area (Å²) in [7, 11) is 0. The van der Waals surface area contributed by atoms with Crippen molar-refractivity contribution in [3.05, 3.63) is 47.5 Å². The molecule has 1 aromatic carbocycles. The van der Waals surface area contributed by atoms with Crippen LogP contribution in [0.2, 0.25) is 0 Å². The molecule has 1 amide bonds. The molecule has 2 aromatic rings. The first-order valence-corrected chi connectivity index (χ1v) is 10.1. The molecule has 7 heteroatoms. The molecule has 0 unspecified atom stereocenters. The molecule has 28 heavy (non-hydrogen) atoms. The van der Waals surface area contributed by atoms with E-state index in [4.69, 9.17) is 0 Å². The first-order chi connectivity index (χ1) is 13.4. The fourth-order valence-corrected chi connectivity index (χ4v) is 3.65. The minimum absolute atomic E-state index is 0.130. The summed E-state index contributed by atoms with van der Waals surface area (Å²) in [5.74, 6) is 0.0979. The normalized spacial score (nSPS) is 17.0. The molecule has 6 nitrogen and oxygen atoms in total. The highest BCUT2D eigenvalue weighted by Gasteiger charge is 2.25. The molecule has 0 saturated carbocycles. The van der Waals surface area contributed by atoms with Crippen molar-refractivity contribution < 1.29 is 9.18 Å². The minimum atomic E-state index is -0.170. The number of piperidine rings is 1. The second-order valence-corrected chi connectivity index (χ2v) is 8.10. The number of benzene rings is 1. The lowest BCUT2D eigenvalue weighted by molar-refractivity contribution is 0.0944. The molecule has 1 aromatic heterocycles. The molecule has 0 aliphatic carbocycles. The molecule has 0 spiro atoms. The van der Waals surface area contributed by atoms with Crippen molar-refractivity contribution in [3.63, 3.8) is 0 Å². The van der Waals surface area contributed by atoms with Crippen LogP contribution in [-0.2, 0) is 6.42 Å². The predicted octanol–water partition coefficient (Wildman–Crippen LogP) is 3.07. The number of nitrogens with zero attached hydrogens (tertiary/aromatic N) is 4. The third-order valence-electron chi connectivity index (χ3n) is 5.38. The summed E-state index contributed by atoms with van der Waals surface area (Å²) in [6, 6.07) is 7.52. The highest BCUT2D eigenvalue weighted by atomic mass is 19.1. The summed E-state index contributed by atoms with van der Waals surface area (Å²) in [6.45, 7) is 8.74. The largest absolute Gasteiger partial charge is 0.350 e. The van der Waals surface area contributed by atoms with Crippen LogP contribution in [0.4, 0.5) is 4.39 Å². The molecule has 1 fully saturated rings. The topological polar surface area (TPSA) is 63.1 Å². The summed E-state index contributed by atoms with van der Waals surface area (Å²) in [5.41, 5.74) is 1.14. The molecule has 1 saturated heterocycles. The standard InChI is InChI=1S/C21H30FN5O/c1-15(2)13-23-21(28)20-14-27(25-24-20)18-8-10-26(11-9-18)16(3)12-17-6-4-5-7-19(17)22/h4-7,14-16,18H,8-13H2,1-3H3,(H,23,28)/t16-/m0/s1. The Morgan fingerprint density at radius 2 is 1.96 bits per heavy atom. The van der Waals surface area contributed by atoms with E-state index in [1.54, 1.807) is 12.3 Å². The van der Waals surface area contributed by atoms with Crippen molar-refractivity contribution in [3.8, 4) is 0 Å². The van der Waals surface area contributed by atoms with Gasteiger partial charge in [-0.15, -0.1) is 5.10 Å². The molecule has 152 valence electrons. The van der Waals surface area contributed by atoms with E-state index in [2.05, 4.69) is 41.3 Å². The first kappa shape index (κ1) is 20.5. The molecular weight excluding hydrogens is 357 g/mol. The number of halogens is 1. The van der Waals surface area contributed by atoms with E-state index in [1.807, 2.05) is 16.8 Å². The van der Waals surface area contributed by atoms with E-state index in [9.17, 15) is 9.18 Å². The Labute approximate surface area is 166 Å². The molecule has 1 aliphatic heterocycles. The van der Waals surface area contributed by atoms with Gasteiger partial charge in [0.1, 0.15) is 5.82 Å². The van der Waals surface area contributed by atoms with Crippen LogP contribution in [0.3, 0.4) is 0 Å². The molecule has 1 atom stereocenters. The van der Waals surface area contributed by atoms with Gasteiger partial charge in [0.15, 0.2) is 5.69 Å². The second kappa shape index (κ2) is 9.28. The van der Waals surface area contributed by atoms with Gasteiger partial charge in [-0.1, -0.05) is 37.3 Å². The zero-order valence-electron chi connectivity index (χ0n) is 16.9. The van der Waals surface area contributed by atoms with Gasteiger partial charge < -0.3 is 10.2 Å². The number of rotatable bonds is 7. The van der Waals surface area contributed by atoms with Gasteiger partial charge >= 0.3 is 0 Å². The number of hydrogen-bond acceptors (Lipinski definition) is 4. The highest BCUT2D eigenvalue weighted by Crippen LogP contribution is 2.24. The average molecular weight is 388 g/mol. The van der Waals surface area contributed by atoms with Crippen LogP contribution >= 0.6 is 0 Å². The fraction of sp³-hybridized carbons (Fsp3) is 0.571. The Kier molecular flexibility index (Phi) is 6.78. The number of amides is 1. The Hall–Kier alpha value is -2.28. The monoisotopic (exact) mass is 387 g/mol. The molecule has 2 heterocycles. The summed E-state index contributed by atoms with van der Waals surface area (Å²) >= 11 is 0. The number of carbonyl (C=O) groups is 1. The van der Waals surface area contributed by atoms with Crippen LogP contribution in [0.25, 0.3) is 0 Å². The van der Waals surface area contributed by atoms with E-state index in [-0.39, 0.29) is 23.8 Å². The van der Waals surface area contributed by atoms with Crippen molar-refractivity contribution in [1.29, 1.82) is 0 Å². The van der Waals surface area contributed by atoms with Crippen molar-refractivity contribution in [1.82, 2.24) is 25.2 Å². The van der Waals surface area contributed by atoms with E-state index in [0.717, 1.165) is 31.5 Å². The molecule has 3 rings (SSSR count). The smallest absolute Gasteiger partial charge is 0.273 e. The van der Waals surface area contributed by atoms with Crippen molar-refractivity contribution in [2.24, 2.45) is 5.92 Å². The fourth-order valence-electron chi connectivity index (χ4n) is 3.65. The van der Waals surface area contributed by atoms with Crippen molar-refractivity contribution in [2.75, 3.05) is 19.6 Å². The van der Waals surface area contributed by atoms with Crippen LogP contribution in [0.1, 0.15) is 55.7 Å². The quantitative estimate of drug-likeness (QED) is 0.793. The van der Waals surface area contributed by atoms with Crippen LogP contribution in [0.5, 0.6) is 0 Å². The van der Waals surface area contributed by atoms with Crippen LogP contribution in [-0.4, -0.2) is 51.5 Å². The lowest BCUT2D eigenvalue weighted by Crippen LogP contribution is -2.41. The number of hydrogen-bond donors (Lipinski definition) is 1. The number of carbonyl (C=O) groups excluding carboxylic acids is 1. The molecular formula is C21H30FN5O. The van der Waals surface area contributed by atoms with Gasteiger partial charge in [-0.2, -0.15) is 0 Å². The van der Waals surface area contributed by atoms with Gasteiger partial charge in [-0.25, -0.2) is 9.07 Å². The zero-order chi connectivity index (χ0) is 20.1. The molecule has 1 N–H and O–H groups in total. The molecule has 0 bridgehead atoms. The third-order valence-corrected chi connectivity index (χ3v) is 5.38. The van der Waals surface area contributed by atoms with E-state index in [1.165, 1.54) is 6.07 Å². The Bertz CT molecular complexity index is 783. The van der Waals surface area contributed by atoms with Gasteiger partial charge in [0.2, 0.25) is 0 Å². The van der Waals surface area contributed by atoms with Gasteiger partial charge in [-0.3, -0.25) is 4.79 Å². The second-order valence-electron chi connectivity index (χ2n) is 8.10. The van der Waals surface area contributed by atoms with Gasteiger partial charge in [0.05, 0.1) is 12.2 Å². The SMILES string of the molecule is CC(C)CNC(=O)c1cn(C2CCN([C@@H](C)Cc3ccccc3F)CC2)nn1. The molecule has 0 radical (unpaired) electrons.